The summed E-state index contributed by atoms with van der Waals surface area (Å²) >= 11 is 0. The Hall–Kier alpha value is -2.52. The van der Waals surface area contributed by atoms with Crippen LogP contribution in [-0.4, -0.2) is 9.55 Å². The zero-order chi connectivity index (χ0) is 14.9. The van der Waals surface area contributed by atoms with Crippen LogP contribution >= 0.6 is 12.4 Å². The molecule has 0 bridgehead atoms. The van der Waals surface area contributed by atoms with Crippen LogP contribution in [0.15, 0.2) is 77.7 Å². The molecule has 23 heavy (non-hydrogen) atoms. The van der Waals surface area contributed by atoms with E-state index in [0.29, 0.717) is 0 Å². The van der Waals surface area contributed by atoms with Crippen LogP contribution in [0.3, 0.4) is 0 Å². The number of para-hydroxylation sites is 1. The van der Waals surface area contributed by atoms with Crippen LogP contribution in [-0.2, 0) is 0 Å². The maximum Gasteiger partial charge on any atom is 0.134 e. The van der Waals surface area contributed by atoms with Crippen molar-refractivity contribution in [3.05, 3.63) is 90.2 Å². The van der Waals surface area contributed by atoms with Gasteiger partial charge in [-0.15, -0.1) is 12.4 Å². The van der Waals surface area contributed by atoms with Crippen LogP contribution in [0, 0.1) is 6.92 Å². The molecule has 1 unspecified atom stereocenters. The summed E-state index contributed by atoms with van der Waals surface area (Å²) in [7, 11) is 0. The molecule has 0 fully saturated rings. The average Bonchev–Trinajstić information content (AvgIpc) is 3.19. The number of furan rings is 1. The number of halogens is 1. The van der Waals surface area contributed by atoms with Crippen molar-refractivity contribution >= 4 is 23.4 Å². The van der Waals surface area contributed by atoms with E-state index < -0.39 is 0 Å². The number of aromatic nitrogens is 2. The predicted molar refractivity (Wildman–Crippen MR) is 94.1 cm³/mol. The minimum Gasteiger partial charge on any atom is -0.458 e. The summed E-state index contributed by atoms with van der Waals surface area (Å²) < 4.78 is 8.16. The van der Waals surface area contributed by atoms with Gasteiger partial charge in [0.1, 0.15) is 17.4 Å². The van der Waals surface area contributed by atoms with Crippen molar-refractivity contribution in [2.75, 3.05) is 0 Å². The summed E-state index contributed by atoms with van der Waals surface area (Å²) in [6, 6.07) is 18.7. The molecule has 0 aliphatic heterocycles. The predicted octanol–water partition coefficient (Wildman–Crippen LogP) is 5.00. The lowest BCUT2D eigenvalue weighted by atomic mass is 10.0. The molecule has 2 aromatic heterocycles. The number of hydrogen-bond acceptors (Lipinski definition) is 2. The molecule has 0 aliphatic carbocycles. The summed E-state index contributed by atoms with van der Waals surface area (Å²) in [5.41, 5.74) is 3.34. The lowest BCUT2D eigenvalue weighted by molar-refractivity contribution is 0.487. The van der Waals surface area contributed by atoms with Gasteiger partial charge in [0.2, 0.25) is 0 Å². The van der Waals surface area contributed by atoms with Crippen molar-refractivity contribution < 1.29 is 4.42 Å². The Morgan fingerprint density at radius 3 is 2.52 bits per heavy atom. The smallest absolute Gasteiger partial charge is 0.134 e. The summed E-state index contributed by atoms with van der Waals surface area (Å²) in [6.07, 6.45) is 5.60. The van der Waals surface area contributed by atoms with Crippen molar-refractivity contribution in [3.8, 4) is 0 Å². The van der Waals surface area contributed by atoms with Crippen LogP contribution in [0.1, 0.15) is 22.9 Å². The van der Waals surface area contributed by atoms with Gasteiger partial charge in [-0.3, -0.25) is 0 Å². The fraction of sp³-hybridized carbons (Fsp3) is 0.105. The standard InChI is InChI=1S/C19H16N2O.ClH/c1-14-6-8-15(9-7-14)19(21-11-10-20-13-21)18-12-16-4-2-3-5-17(16)22-18;/h2-13,19H,1H3;1H. The Balaban J connectivity index is 0.00000156. The van der Waals surface area contributed by atoms with Gasteiger partial charge < -0.3 is 8.98 Å². The third-order valence-corrected chi connectivity index (χ3v) is 3.93. The molecule has 0 aliphatic rings. The largest absolute Gasteiger partial charge is 0.458 e. The molecule has 2 heterocycles. The Bertz CT molecular complexity index is 862. The van der Waals surface area contributed by atoms with Gasteiger partial charge in [0.05, 0.1) is 6.33 Å². The highest BCUT2D eigenvalue weighted by molar-refractivity contribution is 5.85. The molecule has 0 saturated heterocycles. The van der Waals surface area contributed by atoms with Crippen LogP contribution in [0.2, 0.25) is 0 Å². The molecule has 1 atom stereocenters. The first kappa shape index (κ1) is 15.4. The van der Waals surface area contributed by atoms with Crippen molar-refractivity contribution in [3.63, 3.8) is 0 Å². The molecule has 116 valence electrons. The SMILES string of the molecule is Cc1ccc(C(c2cc3ccccc3o2)n2ccnc2)cc1.Cl. The Kier molecular flexibility index (Phi) is 4.22. The first-order valence-electron chi connectivity index (χ1n) is 7.34. The van der Waals surface area contributed by atoms with Crippen molar-refractivity contribution in [2.24, 2.45) is 0 Å². The van der Waals surface area contributed by atoms with E-state index in [1.807, 2.05) is 30.7 Å². The van der Waals surface area contributed by atoms with Crippen molar-refractivity contribution in [2.45, 2.75) is 13.0 Å². The van der Waals surface area contributed by atoms with E-state index in [0.717, 1.165) is 16.7 Å². The van der Waals surface area contributed by atoms with E-state index in [2.05, 4.69) is 52.9 Å². The van der Waals surface area contributed by atoms with Gasteiger partial charge >= 0.3 is 0 Å². The lowest BCUT2D eigenvalue weighted by Crippen LogP contribution is -2.09. The second-order valence-corrected chi connectivity index (χ2v) is 5.51. The van der Waals surface area contributed by atoms with E-state index >= 15 is 0 Å². The summed E-state index contributed by atoms with van der Waals surface area (Å²) in [4.78, 5) is 4.19. The molecule has 0 amide bonds. The van der Waals surface area contributed by atoms with E-state index in [1.54, 1.807) is 6.20 Å². The first-order chi connectivity index (χ1) is 10.8. The zero-order valence-corrected chi connectivity index (χ0v) is 13.5. The zero-order valence-electron chi connectivity index (χ0n) is 12.7. The molecule has 0 spiro atoms. The third kappa shape index (κ3) is 2.88. The van der Waals surface area contributed by atoms with Gasteiger partial charge in [-0.25, -0.2) is 4.98 Å². The maximum absolute atomic E-state index is 6.09. The van der Waals surface area contributed by atoms with E-state index in [-0.39, 0.29) is 18.4 Å². The molecule has 0 radical (unpaired) electrons. The van der Waals surface area contributed by atoms with Crippen LogP contribution < -0.4 is 0 Å². The Morgan fingerprint density at radius 2 is 1.83 bits per heavy atom. The van der Waals surface area contributed by atoms with Gasteiger partial charge in [-0.2, -0.15) is 0 Å². The number of benzene rings is 2. The molecule has 4 aromatic rings. The quantitative estimate of drug-likeness (QED) is 0.531. The normalized spacial score (nSPS) is 12.0. The second-order valence-electron chi connectivity index (χ2n) is 5.51. The number of fused-ring (bicyclic) bond motifs is 1. The molecule has 4 heteroatoms. The summed E-state index contributed by atoms with van der Waals surface area (Å²) in [6.45, 7) is 2.09. The van der Waals surface area contributed by atoms with Gasteiger partial charge in [-0.1, -0.05) is 48.0 Å². The molecule has 4 rings (SSSR count). The fourth-order valence-electron chi connectivity index (χ4n) is 2.79. The monoisotopic (exact) mass is 324 g/mol. The van der Waals surface area contributed by atoms with Crippen LogP contribution in [0.5, 0.6) is 0 Å². The average molecular weight is 325 g/mol. The van der Waals surface area contributed by atoms with Crippen LogP contribution in [0.25, 0.3) is 11.0 Å². The number of rotatable bonds is 3. The number of hydrogen-bond donors (Lipinski definition) is 0. The molecular formula is C19H17ClN2O. The minimum atomic E-state index is -0.00417. The van der Waals surface area contributed by atoms with Gasteiger partial charge in [-0.05, 0) is 24.6 Å². The van der Waals surface area contributed by atoms with Gasteiger partial charge in [0, 0.05) is 17.8 Å². The molecule has 0 N–H and O–H groups in total. The number of imidazole rings is 1. The maximum atomic E-state index is 6.09. The lowest BCUT2D eigenvalue weighted by Gasteiger charge is -2.16. The van der Waals surface area contributed by atoms with Crippen molar-refractivity contribution in [1.29, 1.82) is 0 Å². The Labute approximate surface area is 141 Å². The van der Waals surface area contributed by atoms with E-state index in [4.69, 9.17) is 4.42 Å². The van der Waals surface area contributed by atoms with Gasteiger partial charge in [0.25, 0.3) is 0 Å². The highest BCUT2D eigenvalue weighted by Gasteiger charge is 2.20. The number of nitrogens with zero attached hydrogens (tertiary/aromatic N) is 2. The Morgan fingerprint density at radius 1 is 1.04 bits per heavy atom. The van der Waals surface area contributed by atoms with E-state index in [1.165, 1.54) is 11.1 Å². The second kappa shape index (κ2) is 6.31. The highest BCUT2D eigenvalue weighted by atomic mass is 35.5. The van der Waals surface area contributed by atoms with Crippen LogP contribution in [0.4, 0.5) is 0 Å². The van der Waals surface area contributed by atoms with Crippen molar-refractivity contribution in [1.82, 2.24) is 9.55 Å². The third-order valence-electron chi connectivity index (χ3n) is 3.93. The summed E-state index contributed by atoms with van der Waals surface area (Å²) in [5, 5.41) is 1.12. The highest BCUT2D eigenvalue weighted by Crippen LogP contribution is 2.31. The minimum absolute atomic E-state index is 0. The topological polar surface area (TPSA) is 31.0 Å². The molecule has 3 nitrogen and oxygen atoms in total. The first-order valence-corrected chi connectivity index (χ1v) is 7.34. The fourth-order valence-corrected chi connectivity index (χ4v) is 2.79. The summed E-state index contributed by atoms with van der Waals surface area (Å²) in [5.74, 6) is 0.919. The van der Waals surface area contributed by atoms with Gasteiger partial charge in [0.15, 0.2) is 0 Å². The molecule has 0 saturated carbocycles. The molecule has 2 aromatic carbocycles. The molecular weight excluding hydrogens is 308 g/mol. The number of aryl methyl sites for hydroxylation is 1. The van der Waals surface area contributed by atoms with E-state index in [9.17, 15) is 0 Å².